The summed E-state index contributed by atoms with van der Waals surface area (Å²) >= 11 is 0. The van der Waals surface area contributed by atoms with Crippen LogP contribution in [0.1, 0.15) is 46.9 Å². The number of carbonyl (C=O) groups excluding carboxylic acids is 2. The minimum atomic E-state index is -0.0573. The van der Waals surface area contributed by atoms with Crippen LogP contribution in [-0.2, 0) is 11.2 Å². The van der Waals surface area contributed by atoms with Crippen molar-refractivity contribution in [2.75, 3.05) is 27.2 Å². The van der Waals surface area contributed by atoms with Crippen LogP contribution in [-0.4, -0.2) is 48.9 Å². The summed E-state index contributed by atoms with van der Waals surface area (Å²) in [6.45, 7) is 2.62. The Balaban J connectivity index is 1.68. The Labute approximate surface area is 194 Å². The summed E-state index contributed by atoms with van der Waals surface area (Å²) in [6.07, 6.45) is 4.49. The van der Waals surface area contributed by atoms with Gasteiger partial charge in [0.05, 0.1) is 23.9 Å². The van der Waals surface area contributed by atoms with Gasteiger partial charge in [0.25, 0.3) is 5.91 Å². The number of para-hydroxylation sites is 1. The number of methoxy groups -OCH3 is 1. The summed E-state index contributed by atoms with van der Waals surface area (Å²) in [6, 6.07) is 15.8. The SMILES string of the molecule is COc1ccc(/C=C2/CCc3c2nc2ccccc2c3C(=O)N(C)CCCNC(C)=O)cc1. The average molecular weight is 444 g/mol. The number of hydrogen-bond acceptors (Lipinski definition) is 4. The second kappa shape index (κ2) is 9.86. The molecule has 0 unspecified atom stereocenters. The van der Waals surface area contributed by atoms with E-state index in [0.29, 0.717) is 19.5 Å². The Morgan fingerprint density at radius 1 is 1.12 bits per heavy atom. The van der Waals surface area contributed by atoms with Crippen LogP contribution in [0.5, 0.6) is 5.75 Å². The Bertz CT molecular complexity index is 1220. The maximum atomic E-state index is 13.6. The predicted molar refractivity (Wildman–Crippen MR) is 131 cm³/mol. The number of benzene rings is 2. The predicted octanol–water partition coefficient (Wildman–Crippen LogP) is 4.33. The van der Waals surface area contributed by atoms with Gasteiger partial charge in [-0.15, -0.1) is 0 Å². The summed E-state index contributed by atoms with van der Waals surface area (Å²) in [7, 11) is 3.48. The van der Waals surface area contributed by atoms with Gasteiger partial charge in [-0.1, -0.05) is 30.3 Å². The topological polar surface area (TPSA) is 71.5 Å². The Kier molecular flexibility index (Phi) is 6.73. The molecular formula is C27H29N3O3. The van der Waals surface area contributed by atoms with Crippen LogP contribution in [0.3, 0.4) is 0 Å². The second-order valence-corrected chi connectivity index (χ2v) is 8.34. The van der Waals surface area contributed by atoms with Crippen molar-refractivity contribution in [3.63, 3.8) is 0 Å². The monoisotopic (exact) mass is 443 g/mol. The van der Waals surface area contributed by atoms with Crippen molar-refractivity contribution >= 4 is 34.4 Å². The smallest absolute Gasteiger partial charge is 0.254 e. The third-order valence-electron chi connectivity index (χ3n) is 6.00. The van der Waals surface area contributed by atoms with E-state index in [1.807, 2.05) is 55.6 Å². The van der Waals surface area contributed by atoms with Gasteiger partial charge in [-0.3, -0.25) is 9.59 Å². The summed E-state index contributed by atoms with van der Waals surface area (Å²) < 4.78 is 5.26. The standard InChI is InChI=1S/C27H29N3O3/c1-18(31)28-15-6-16-30(2)27(32)25-22-7-4-5-8-24(22)29-26-20(11-14-23(25)26)17-19-9-12-21(33-3)13-10-19/h4-5,7-10,12-13,17H,6,11,14-16H2,1-3H3,(H,28,31)/b20-17-. The highest BCUT2D eigenvalue weighted by molar-refractivity contribution is 6.09. The summed E-state index contributed by atoms with van der Waals surface area (Å²) in [4.78, 5) is 31.4. The molecule has 0 bridgehead atoms. The van der Waals surface area contributed by atoms with Gasteiger partial charge in [-0.2, -0.15) is 0 Å². The van der Waals surface area contributed by atoms with Gasteiger partial charge in [0.1, 0.15) is 5.75 Å². The van der Waals surface area contributed by atoms with E-state index >= 15 is 0 Å². The fourth-order valence-electron chi connectivity index (χ4n) is 4.30. The third kappa shape index (κ3) is 4.90. The Hall–Kier alpha value is -3.67. The highest BCUT2D eigenvalue weighted by Gasteiger charge is 2.28. The minimum absolute atomic E-state index is 0.00151. The quantitative estimate of drug-likeness (QED) is 0.552. The molecule has 1 aliphatic carbocycles. The van der Waals surface area contributed by atoms with E-state index in [-0.39, 0.29) is 11.8 Å². The number of allylic oxidation sites excluding steroid dienone is 1. The molecule has 0 aliphatic heterocycles. The molecule has 4 rings (SSSR count). The summed E-state index contributed by atoms with van der Waals surface area (Å²) in [5, 5.41) is 3.67. The molecule has 3 aromatic rings. The molecule has 6 heteroatoms. The van der Waals surface area contributed by atoms with Crippen molar-refractivity contribution in [2.24, 2.45) is 0 Å². The highest BCUT2D eigenvalue weighted by atomic mass is 16.5. The first kappa shape index (κ1) is 22.5. The zero-order valence-electron chi connectivity index (χ0n) is 19.4. The van der Waals surface area contributed by atoms with Gasteiger partial charge in [-0.25, -0.2) is 4.98 Å². The molecule has 0 fully saturated rings. The molecule has 170 valence electrons. The van der Waals surface area contributed by atoms with Crippen LogP contribution in [0.4, 0.5) is 0 Å². The maximum Gasteiger partial charge on any atom is 0.254 e. The lowest BCUT2D eigenvalue weighted by atomic mass is 9.99. The van der Waals surface area contributed by atoms with Crippen molar-refractivity contribution in [2.45, 2.75) is 26.2 Å². The van der Waals surface area contributed by atoms with Crippen molar-refractivity contribution in [3.8, 4) is 5.75 Å². The van der Waals surface area contributed by atoms with Gasteiger partial charge < -0.3 is 15.0 Å². The molecular weight excluding hydrogens is 414 g/mol. The lowest BCUT2D eigenvalue weighted by Gasteiger charge is -2.20. The lowest BCUT2D eigenvalue weighted by molar-refractivity contribution is -0.118. The number of fused-ring (bicyclic) bond motifs is 2. The molecule has 1 N–H and O–H groups in total. The Morgan fingerprint density at radius 2 is 1.88 bits per heavy atom. The van der Waals surface area contributed by atoms with E-state index in [1.165, 1.54) is 6.92 Å². The molecule has 2 amide bonds. The van der Waals surface area contributed by atoms with Gasteiger partial charge in [-0.05, 0) is 60.2 Å². The Morgan fingerprint density at radius 3 is 2.61 bits per heavy atom. The molecule has 0 spiro atoms. The largest absolute Gasteiger partial charge is 0.497 e. The molecule has 1 heterocycles. The molecule has 0 radical (unpaired) electrons. The number of carbonyl (C=O) groups is 2. The molecule has 0 saturated carbocycles. The number of nitrogens with zero attached hydrogens (tertiary/aromatic N) is 2. The van der Waals surface area contributed by atoms with Crippen LogP contribution in [0.15, 0.2) is 48.5 Å². The molecule has 2 aromatic carbocycles. The number of ether oxygens (including phenoxy) is 1. The van der Waals surface area contributed by atoms with Gasteiger partial charge in [0.15, 0.2) is 0 Å². The van der Waals surface area contributed by atoms with E-state index in [4.69, 9.17) is 9.72 Å². The summed E-state index contributed by atoms with van der Waals surface area (Å²) in [5.41, 5.74) is 5.73. The molecule has 1 aromatic heterocycles. The molecule has 33 heavy (non-hydrogen) atoms. The van der Waals surface area contributed by atoms with Crippen molar-refractivity contribution in [3.05, 3.63) is 70.9 Å². The minimum Gasteiger partial charge on any atom is -0.497 e. The first-order valence-corrected chi connectivity index (χ1v) is 11.2. The van der Waals surface area contributed by atoms with Crippen LogP contribution in [0.2, 0.25) is 0 Å². The van der Waals surface area contributed by atoms with Crippen molar-refractivity contribution in [1.29, 1.82) is 0 Å². The van der Waals surface area contributed by atoms with Gasteiger partial charge in [0, 0.05) is 32.4 Å². The first-order valence-electron chi connectivity index (χ1n) is 11.2. The number of rotatable bonds is 7. The van der Waals surface area contributed by atoms with Crippen LogP contribution in [0, 0.1) is 0 Å². The fraction of sp³-hybridized carbons (Fsp3) is 0.296. The van der Waals surface area contributed by atoms with Crippen molar-refractivity contribution < 1.29 is 14.3 Å². The maximum absolute atomic E-state index is 13.6. The number of pyridine rings is 1. The molecule has 6 nitrogen and oxygen atoms in total. The average Bonchev–Trinajstić information content (AvgIpc) is 3.22. The molecule has 0 saturated heterocycles. The van der Waals surface area contributed by atoms with Crippen LogP contribution >= 0.6 is 0 Å². The van der Waals surface area contributed by atoms with E-state index in [1.54, 1.807) is 12.0 Å². The number of aromatic nitrogens is 1. The highest BCUT2D eigenvalue weighted by Crippen LogP contribution is 2.38. The fourth-order valence-corrected chi connectivity index (χ4v) is 4.30. The zero-order chi connectivity index (χ0) is 23.4. The van der Waals surface area contributed by atoms with Crippen LogP contribution in [0.25, 0.3) is 22.6 Å². The second-order valence-electron chi connectivity index (χ2n) is 8.34. The number of amides is 2. The van der Waals surface area contributed by atoms with E-state index < -0.39 is 0 Å². The first-order chi connectivity index (χ1) is 16.0. The van der Waals surface area contributed by atoms with Crippen molar-refractivity contribution in [1.82, 2.24) is 15.2 Å². The third-order valence-corrected chi connectivity index (χ3v) is 6.00. The normalized spacial score (nSPS) is 13.7. The molecule has 1 aliphatic rings. The van der Waals surface area contributed by atoms with Crippen LogP contribution < -0.4 is 10.1 Å². The zero-order valence-corrected chi connectivity index (χ0v) is 19.4. The van der Waals surface area contributed by atoms with E-state index in [9.17, 15) is 9.59 Å². The van der Waals surface area contributed by atoms with Gasteiger partial charge in [0.2, 0.25) is 5.91 Å². The van der Waals surface area contributed by atoms with E-state index in [0.717, 1.165) is 57.5 Å². The lowest BCUT2D eigenvalue weighted by Crippen LogP contribution is -2.31. The van der Waals surface area contributed by atoms with E-state index in [2.05, 4.69) is 11.4 Å². The molecule has 0 atom stereocenters. The summed E-state index contributed by atoms with van der Waals surface area (Å²) in [5.74, 6) is 0.763. The number of nitrogens with one attached hydrogen (secondary N) is 1. The van der Waals surface area contributed by atoms with Gasteiger partial charge >= 0.3 is 0 Å². The number of hydrogen-bond donors (Lipinski definition) is 1.